The number of rotatable bonds is 6. The summed E-state index contributed by atoms with van der Waals surface area (Å²) in [6, 6.07) is 1.59. The van der Waals surface area contributed by atoms with Crippen molar-refractivity contribution < 1.29 is 9.59 Å². The molecule has 2 N–H and O–H groups in total. The van der Waals surface area contributed by atoms with E-state index in [-0.39, 0.29) is 24.4 Å². The van der Waals surface area contributed by atoms with E-state index in [0.717, 1.165) is 17.3 Å². The van der Waals surface area contributed by atoms with Crippen LogP contribution in [-0.2, 0) is 4.79 Å². The quantitative estimate of drug-likeness (QED) is 0.781. The number of carbonyl (C=O) groups is 2. The van der Waals surface area contributed by atoms with Crippen molar-refractivity contribution in [3.05, 3.63) is 17.6 Å². The van der Waals surface area contributed by atoms with Crippen molar-refractivity contribution in [1.29, 1.82) is 0 Å². The van der Waals surface area contributed by atoms with Crippen LogP contribution < -0.4 is 10.6 Å². The molecule has 7 nitrogen and oxygen atoms in total. The Hall–Kier alpha value is -2.18. The molecule has 1 fully saturated rings. The zero-order valence-corrected chi connectivity index (χ0v) is 13.5. The molecule has 0 unspecified atom stereocenters. The molecule has 1 saturated heterocycles. The molecule has 1 aliphatic heterocycles. The predicted molar refractivity (Wildman–Crippen MR) is 83.8 cm³/mol. The Morgan fingerprint density at radius 2 is 1.95 bits per heavy atom. The molecular weight excluding hydrogens is 282 g/mol. The number of imide groups is 1. The molecule has 2 heterocycles. The second-order valence-electron chi connectivity index (χ2n) is 5.98. The molecule has 1 aromatic rings. The van der Waals surface area contributed by atoms with Gasteiger partial charge in [0.25, 0.3) is 0 Å². The Balaban J connectivity index is 2.02. The van der Waals surface area contributed by atoms with Gasteiger partial charge in [0.05, 0.1) is 6.54 Å². The maximum Gasteiger partial charge on any atom is 0.324 e. The van der Waals surface area contributed by atoms with Crippen LogP contribution in [0.4, 0.5) is 10.6 Å². The van der Waals surface area contributed by atoms with Crippen molar-refractivity contribution >= 4 is 17.8 Å². The zero-order valence-electron chi connectivity index (χ0n) is 13.5. The van der Waals surface area contributed by atoms with Gasteiger partial charge < -0.3 is 10.6 Å². The highest BCUT2D eigenvalue weighted by molar-refractivity contribution is 6.01. The molecule has 0 atom stereocenters. The lowest BCUT2D eigenvalue weighted by Gasteiger charge is -2.15. The molecule has 0 saturated carbocycles. The highest BCUT2D eigenvalue weighted by Crippen LogP contribution is 2.19. The van der Waals surface area contributed by atoms with Gasteiger partial charge >= 0.3 is 6.03 Å². The zero-order chi connectivity index (χ0) is 16.3. The Morgan fingerprint density at radius 3 is 2.50 bits per heavy atom. The molecule has 0 aromatic carbocycles. The summed E-state index contributed by atoms with van der Waals surface area (Å²) in [6.07, 6.45) is 0. The summed E-state index contributed by atoms with van der Waals surface area (Å²) >= 11 is 0. The van der Waals surface area contributed by atoms with Crippen LogP contribution in [-0.4, -0.2) is 46.4 Å². The number of urea groups is 1. The summed E-state index contributed by atoms with van der Waals surface area (Å²) < 4.78 is 0. The van der Waals surface area contributed by atoms with E-state index >= 15 is 0 Å². The monoisotopic (exact) mass is 305 g/mol. The SMILES string of the molecule is CC(C)c1cc(NCCN2C(=O)CNC2=O)nc(C(C)C)n1. The smallest absolute Gasteiger partial charge is 0.324 e. The summed E-state index contributed by atoms with van der Waals surface area (Å²) in [5.74, 6) is 1.88. The van der Waals surface area contributed by atoms with E-state index < -0.39 is 0 Å². The third-order valence-electron chi connectivity index (χ3n) is 3.45. The number of nitrogens with one attached hydrogen (secondary N) is 2. The van der Waals surface area contributed by atoms with E-state index in [0.29, 0.717) is 19.0 Å². The number of anilines is 1. The number of aromatic nitrogens is 2. The minimum absolute atomic E-state index is 0.0847. The van der Waals surface area contributed by atoms with Crippen LogP contribution in [0.1, 0.15) is 51.0 Å². The molecule has 22 heavy (non-hydrogen) atoms. The van der Waals surface area contributed by atoms with Crippen LogP contribution in [0, 0.1) is 0 Å². The van der Waals surface area contributed by atoms with Crippen molar-refractivity contribution in [3.63, 3.8) is 0 Å². The lowest BCUT2D eigenvalue weighted by molar-refractivity contribution is -0.124. The molecular formula is C15H23N5O2. The van der Waals surface area contributed by atoms with Gasteiger partial charge in [-0.1, -0.05) is 27.7 Å². The van der Waals surface area contributed by atoms with E-state index in [4.69, 9.17) is 0 Å². The van der Waals surface area contributed by atoms with Gasteiger partial charge in [0.15, 0.2) is 0 Å². The first kappa shape index (κ1) is 16.2. The Morgan fingerprint density at radius 1 is 1.23 bits per heavy atom. The first-order valence-corrected chi connectivity index (χ1v) is 7.59. The molecule has 1 aromatic heterocycles. The van der Waals surface area contributed by atoms with Crippen LogP contribution in [0.2, 0.25) is 0 Å². The van der Waals surface area contributed by atoms with Crippen LogP contribution in [0.5, 0.6) is 0 Å². The van der Waals surface area contributed by atoms with Gasteiger partial charge in [0.2, 0.25) is 5.91 Å². The van der Waals surface area contributed by atoms with Crippen molar-refractivity contribution in [2.24, 2.45) is 0 Å². The lowest BCUT2D eigenvalue weighted by Crippen LogP contribution is -2.35. The average molecular weight is 305 g/mol. The second-order valence-corrected chi connectivity index (χ2v) is 5.98. The third-order valence-corrected chi connectivity index (χ3v) is 3.45. The first-order valence-electron chi connectivity index (χ1n) is 7.59. The molecule has 120 valence electrons. The standard InChI is InChI=1S/C15H23N5O2/c1-9(2)11-7-12(19-14(18-11)10(3)4)16-5-6-20-13(21)8-17-15(20)22/h7,9-10H,5-6,8H2,1-4H3,(H,17,22)(H,16,18,19). The molecule has 3 amide bonds. The Bertz CT molecular complexity index is 529. The highest BCUT2D eigenvalue weighted by atomic mass is 16.2. The Kier molecular flexibility index (Phi) is 4.95. The largest absolute Gasteiger partial charge is 0.368 e. The molecule has 0 radical (unpaired) electrons. The van der Waals surface area contributed by atoms with Gasteiger partial charge in [-0.3, -0.25) is 9.69 Å². The van der Waals surface area contributed by atoms with E-state index in [9.17, 15) is 9.59 Å². The van der Waals surface area contributed by atoms with Crippen LogP contribution in [0.15, 0.2) is 6.07 Å². The molecule has 0 spiro atoms. The summed E-state index contributed by atoms with van der Waals surface area (Å²) in [4.78, 5) is 33.2. The molecule has 2 rings (SSSR count). The van der Waals surface area contributed by atoms with Gasteiger partial charge in [0, 0.05) is 30.8 Å². The minimum Gasteiger partial charge on any atom is -0.368 e. The number of amides is 3. The fourth-order valence-electron chi connectivity index (χ4n) is 2.11. The normalized spacial score (nSPS) is 14.9. The number of hydrogen-bond acceptors (Lipinski definition) is 5. The summed E-state index contributed by atoms with van der Waals surface area (Å²) in [5.41, 5.74) is 0.983. The molecule has 0 bridgehead atoms. The van der Waals surface area contributed by atoms with Crippen molar-refractivity contribution in [2.45, 2.75) is 39.5 Å². The van der Waals surface area contributed by atoms with Gasteiger partial charge in [-0.15, -0.1) is 0 Å². The van der Waals surface area contributed by atoms with Crippen molar-refractivity contribution in [2.75, 3.05) is 25.0 Å². The van der Waals surface area contributed by atoms with Crippen molar-refractivity contribution in [1.82, 2.24) is 20.2 Å². The number of hydrogen-bond donors (Lipinski definition) is 2. The third kappa shape index (κ3) is 3.72. The average Bonchev–Trinajstić information content (AvgIpc) is 2.78. The highest BCUT2D eigenvalue weighted by Gasteiger charge is 2.27. The summed E-state index contributed by atoms with van der Waals surface area (Å²) in [7, 11) is 0. The van der Waals surface area contributed by atoms with Crippen LogP contribution in [0.25, 0.3) is 0 Å². The van der Waals surface area contributed by atoms with Crippen LogP contribution in [0.3, 0.4) is 0 Å². The maximum absolute atomic E-state index is 11.5. The van der Waals surface area contributed by atoms with Gasteiger partial charge in [0.1, 0.15) is 11.6 Å². The number of nitrogens with zero attached hydrogens (tertiary/aromatic N) is 3. The molecule has 1 aliphatic rings. The Labute approximate surface area is 130 Å². The predicted octanol–water partition coefficient (Wildman–Crippen LogP) is 1.69. The summed E-state index contributed by atoms with van der Waals surface area (Å²) in [5, 5.41) is 5.68. The van der Waals surface area contributed by atoms with E-state index in [1.54, 1.807) is 0 Å². The van der Waals surface area contributed by atoms with E-state index in [1.807, 2.05) is 6.07 Å². The van der Waals surface area contributed by atoms with Crippen LogP contribution >= 0.6 is 0 Å². The van der Waals surface area contributed by atoms with Gasteiger partial charge in [-0.2, -0.15) is 0 Å². The second kappa shape index (κ2) is 6.72. The minimum atomic E-state index is -0.333. The first-order chi connectivity index (χ1) is 10.4. The van der Waals surface area contributed by atoms with Crippen molar-refractivity contribution in [3.8, 4) is 0 Å². The number of carbonyl (C=O) groups excluding carboxylic acids is 2. The maximum atomic E-state index is 11.5. The topological polar surface area (TPSA) is 87.2 Å². The van der Waals surface area contributed by atoms with Gasteiger partial charge in [-0.05, 0) is 5.92 Å². The van der Waals surface area contributed by atoms with E-state index in [1.165, 1.54) is 4.90 Å². The summed E-state index contributed by atoms with van der Waals surface area (Å²) in [6.45, 7) is 9.15. The molecule has 7 heteroatoms. The van der Waals surface area contributed by atoms with Gasteiger partial charge in [-0.25, -0.2) is 14.8 Å². The fraction of sp³-hybridized carbons (Fsp3) is 0.600. The lowest BCUT2D eigenvalue weighted by atomic mass is 10.1. The molecule has 0 aliphatic carbocycles. The fourth-order valence-corrected chi connectivity index (χ4v) is 2.11. The van der Waals surface area contributed by atoms with E-state index in [2.05, 4.69) is 48.3 Å².